The molecule has 0 aromatic carbocycles. The summed E-state index contributed by atoms with van der Waals surface area (Å²) in [5.41, 5.74) is 0. The van der Waals surface area contributed by atoms with E-state index in [0.717, 1.165) is 12.3 Å². The van der Waals surface area contributed by atoms with Gasteiger partial charge in [-0.05, 0) is 33.5 Å². The third-order valence-corrected chi connectivity index (χ3v) is 0.224. The van der Waals surface area contributed by atoms with Crippen LogP contribution in [0.4, 0.5) is 0 Å². The number of nitrogens with zero attached hydrogens (tertiary/aromatic N) is 1. The van der Waals surface area contributed by atoms with E-state index in [0.29, 0.717) is 6.61 Å². The Kier molecular flexibility index (Phi) is 106. The van der Waals surface area contributed by atoms with Crippen molar-refractivity contribution < 1.29 is 9.84 Å². The van der Waals surface area contributed by atoms with Gasteiger partial charge in [0, 0.05) is 20.8 Å². The summed E-state index contributed by atoms with van der Waals surface area (Å²) in [7, 11) is 9.25. The molecule has 0 amide bonds. The lowest BCUT2D eigenvalue weighted by Crippen LogP contribution is -1.99. The first-order valence-electron chi connectivity index (χ1n) is 8.24. The van der Waals surface area contributed by atoms with Crippen LogP contribution in [0.1, 0.15) is 74.7 Å². The van der Waals surface area contributed by atoms with Crippen molar-refractivity contribution in [3.8, 4) is 0 Å². The molecule has 0 heterocycles. The van der Waals surface area contributed by atoms with E-state index in [1.54, 1.807) is 14.2 Å². The molecule has 0 saturated carbocycles. The first-order valence-corrected chi connectivity index (χ1v) is 8.24. The number of aliphatic hydroxyl groups is 1. The van der Waals surface area contributed by atoms with Gasteiger partial charge in [-0.2, -0.15) is 0 Å². The second-order valence-corrected chi connectivity index (χ2v) is 5.62. The molecule has 0 saturated heterocycles. The van der Waals surface area contributed by atoms with Gasteiger partial charge in [0.25, 0.3) is 0 Å². The maximum atomic E-state index is 7.88. The molecule has 0 unspecified atom stereocenters. The van der Waals surface area contributed by atoms with E-state index >= 15 is 0 Å². The minimum atomic E-state index is 0.319. The van der Waals surface area contributed by atoms with Crippen LogP contribution in [0, 0.1) is 5.92 Å². The van der Waals surface area contributed by atoms with E-state index < -0.39 is 0 Å². The van der Waals surface area contributed by atoms with Gasteiger partial charge in [0.15, 0.2) is 0 Å². The Balaban J connectivity index is -0.0000000324. The van der Waals surface area contributed by atoms with Gasteiger partial charge >= 0.3 is 0 Å². The molecular weight excluding hydrogens is 262 g/mol. The van der Waals surface area contributed by atoms with Crippen LogP contribution in [0.5, 0.6) is 0 Å². The molecule has 0 aliphatic rings. The molecule has 0 bridgehead atoms. The molecule has 0 atom stereocenters. The van der Waals surface area contributed by atoms with Gasteiger partial charge in [0.1, 0.15) is 0 Å². The highest BCUT2D eigenvalue weighted by molar-refractivity contribution is 4.20. The fourth-order valence-corrected chi connectivity index (χ4v) is 0. The molecule has 0 aromatic rings. The molecule has 0 radical (unpaired) electrons. The van der Waals surface area contributed by atoms with Gasteiger partial charge in [-0.3, -0.25) is 0 Å². The normalized spacial score (nSPS) is 7.43. The smallest absolute Gasteiger partial charge is 0.0428 e. The molecule has 3 nitrogen and oxygen atoms in total. The lowest BCUT2D eigenvalue weighted by atomic mass is 10.3. The number of hydrogen-bond donors (Lipinski definition) is 1. The third kappa shape index (κ3) is 8210. The van der Waals surface area contributed by atoms with Gasteiger partial charge in [0.05, 0.1) is 0 Å². The molecule has 0 spiro atoms. The van der Waals surface area contributed by atoms with Gasteiger partial charge in [0.2, 0.25) is 0 Å². The van der Waals surface area contributed by atoms with Crippen LogP contribution in [-0.2, 0) is 4.74 Å². The SMILES string of the molecule is CC(C)C.CCC.CCC.CCCO.CN(C)C.COC. The molecule has 0 aliphatic heterocycles. The van der Waals surface area contributed by atoms with Gasteiger partial charge in [-0.1, -0.05) is 68.2 Å². The predicted molar refractivity (Wildman–Crippen MR) is 102 cm³/mol. The van der Waals surface area contributed by atoms with Crippen LogP contribution in [0.2, 0.25) is 0 Å². The molecule has 3 heteroatoms. The van der Waals surface area contributed by atoms with Crippen molar-refractivity contribution in [1.29, 1.82) is 0 Å². The Morgan fingerprint density at radius 1 is 0.810 bits per heavy atom. The summed E-state index contributed by atoms with van der Waals surface area (Å²) in [6.07, 6.45) is 3.38. The molecule has 0 fully saturated rings. The van der Waals surface area contributed by atoms with Crippen LogP contribution in [-0.4, -0.2) is 52.0 Å². The number of hydrogen-bond acceptors (Lipinski definition) is 3. The Hall–Kier alpha value is -0.120. The standard InChI is InChI=1S/C4H10.C3H9N.C3H8O.2C3H8.C2H6O/c2*1-4(2)3;1-2-3-4;3*1-3-2/h4H,1-3H3;1-3H3;4H,2-3H2,1H3;2*3H2,1-2H3;1-2H3. The van der Waals surface area contributed by atoms with Crippen molar-refractivity contribution in [2.45, 2.75) is 74.7 Å². The first-order chi connectivity index (χ1) is 9.62. The van der Waals surface area contributed by atoms with E-state index in [4.69, 9.17) is 5.11 Å². The first kappa shape index (κ1) is 37.3. The second kappa shape index (κ2) is 59.9. The van der Waals surface area contributed by atoms with Crippen LogP contribution in [0.3, 0.4) is 0 Å². The summed E-state index contributed by atoms with van der Waals surface area (Å²) >= 11 is 0. The van der Waals surface area contributed by atoms with Crippen molar-refractivity contribution in [3.05, 3.63) is 0 Å². The lowest BCUT2D eigenvalue weighted by Gasteiger charge is -1.90. The number of aliphatic hydroxyl groups excluding tert-OH is 1. The molecule has 138 valence electrons. The quantitative estimate of drug-likeness (QED) is 0.711. The Morgan fingerprint density at radius 3 is 0.857 bits per heavy atom. The molecule has 21 heavy (non-hydrogen) atoms. The molecule has 0 aromatic heterocycles. The van der Waals surface area contributed by atoms with Crippen LogP contribution in [0.15, 0.2) is 0 Å². The van der Waals surface area contributed by atoms with Crippen LogP contribution >= 0.6 is 0 Å². The fraction of sp³-hybridized carbons (Fsp3) is 1.00. The van der Waals surface area contributed by atoms with E-state index in [-0.39, 0.29) is 0 Å². The van der Waals surface area contributed by atoms with Crippen molar-refractivity contribution in [1.82, 2.24) is 4.90 Å². The maximum absolute atomic E-state index is 7.88. The van der Waals surface area contributed by atoms with Crippen molar-refractivity contribution in [2.75, 3.05) is 42.0 Å². The Bertz CT molecular complexity index is 69.0. The minimum Gasteiger partial charge on any atom is -0.396 e. The Morgan fingerprint density at radius 2 is 0.857 bits per heavy atom. The van der Waals surface area contributed by atoms with Crippen LogP contribution < -0.4 is 0 Å². The van der Waals surface area contributed by atoms with E-state index in [1.807, 2.05) is 33.0 Å². The van der Waals surface area contributed by atoms with Crippen molar-refractivity contribution in [3.63, 3.8) is 0 Å². The van der Waals surface area contributed by atoms with Crippen molar-refractivity contribution in [2.24, 2.45) is 5.92 Å². The lowest BCUT2D eigenvalue weighted by molar-refractivity contribution is 0.277. The van der Waals surface area contributed by atoms with Gasteiger partial charge in [-0.25, -0.2) is 0 Å². The molecule has 0 aliphatic carbocycles. The summed E-state index contributed by atoms with van der Waals surface area (Å²) in [5, 5.41) is 7.88. The largest absolute Gasteiger partial charge is 0.396 e. The zero-order chi connectivity index (χ0) is 18.7. The van der Waals surface area contributed by atoms with E-state index in [2.05, 4.69) is 53.2 Å². The average molecular weight is 312 g/mol. The molecular formula is C18H49NO2. The monoisotopic (exact) mass is 311 g/mol. The topological polar surface area (TPSA) is 32.7 Å². The Labute approximate surface area is 138 Å². The summed E-state index contributed by atoms with van der Waals surface area (Å²) in [6.45, 7) is 17.2. The minimum absolute atomic E-state index is 0.319. The summed E-state index contributed by atoms with van der Waals surface area (Å²) in [5.74, 6) is 0.833. The molecule has 1 N–H and O–H groups in total. The zero-order valence-electron chi connectivity index (χ0n) is 17.7. The summed E-state index contributed by atoms with van der Waals surface area (Å²) < 4.78 is 4.25. The summed E-state index contributed by atoms with van der Waals surface area (Å²) in [6, 6.07) is 0. The van der Waals surface area contributed by atoms with E-state index in [1.165, 1.54) is 12.8 Å². The number of methoxy groups -OCH3 is 1. The van der Waals surface area contributed by atoms with Gasteiger partial charge < -0.3 is 14.7 Å². The maximum Gasteiger partial charge on any atom is 0.0428 e. The molecule has 0 rings (SSSR count). The number of ether oxygens (including phenoxy) is 1. The zero-order valence-corrected chi connectivity index (χ0v) is 17.7. The highest BCUT2D eigenvalue weighted by Gasteiger charge is 1.68. The second-order valence-electron chi connectivity index (χ2n) is 5.62. The fourth-order valence-electron chi connectivity index (χ4n) is 0. The predicted octanol–water partition coefficient (Wildman–Crippen LogP) is 5.32. The van der Waals surface area contributed by atoms with Gasteiger partial charge in [-0.15, -0.1) is 0 Å². The van der Waals surface area contributed by atoms with E-state index in [9.17, 15) is 0 Å². The highest BCUT2D eigenvalue weighted by atomic mass is 16.4. The van der Waals surface area contributed by atoms with Crippen molar-refractivity contribution >= 4 is 0 Å². The number of rotatable bonds is 1. The van der Waals surface area contributed by atoms with Crippen LogP contribution in [0.25, 0.3) is 0 Å². The highest BCUT2D eigenvalue weighted by Crippen LogP contribution is 1.81. The third-order valence-electron chi connectivity index (χ3n) is 0.224. The summed E-state index contributed by atoms with van der Waals surface area (Å²) in [4.78, 5) is 2.00. The average Bonchev–Trinajstić information content (AvgIpc) is 2.30.